The Kier molecular flexibility index (Phi) is 19.8. The van der Waals surface area contributed by atoms with Gasteiger partial charge in [-0.1, -0.05) is 119 Å². The van der Waals surface area contributed by atoms with Crippen molar-refractivity contribution in [3.05, 3.63) is 108 Å². The van der Waals surface area contributed by atoms with Crippen molar-refractivity contribution in [1.82, 2.24) is 26.6 Å². The van der Waals surface area contributed by atoms with Crippen LogP contribution in [0.25, 0.3) is 0 Å². The Hall–Kier alpha value is -5.72. The number of nitrogens with one attached hydrogen (secondary N) is 5. The van der Waals surface area contributed by atoms with Crippen LogP contribution in [0.4, 0.5) is 4.79 Å². The van der Waals surface area contributed by atoms with Crippen molar-refractivity contribution in [2.45, 2.75) is 129 Å². The number of benzene rings is 3. The van der Waals surface area contributed by atoms with E-state index >= 15 is 0 Å². The summed E-state index contributed by atoms with van der Waals surface area (Å²) in [7, 11) is 1.30. The molecule has 3 aromatic carbocycles. The summed E-state index contributed by atoms with van der Waals surface area (Å²) in [5.74, 6) is -2.20. The predicted octanol–water partition coefficient (Wildman–Crippen LogP) is 5.59. The van der Waals surface area contributed by atoms with Gasteiger partial charge in [-0.3, -0.25) is 24.0 Å². The molecule has 3 rings (SSSR count). The molecular formula is C47H65N5O8. The van der Waals surface area contributed by atoms with E-state index in [0.29, 0.717) is 12.8 Å². The second-order valence-electron chi connectivity index (χ2n) is 17.0. The fourth-order valence-corrected chi connectivity index (χ4v) is 6.59. The van der Waals surface area contributed by atoms with Crippen molar-refractivity contribution in [3.8, 4) is 0 Å². The maximum atomic E-state index is 13.8. The maximum absolute atomic E-state index is 13.8. The summed E-state index contributed by atoms with van der Waals surface area (Å²) in [5, 5.41) is 14.7. The third-order valence-corrected chi connectivity index (χ3v) is 9.84. The van der Waals surface area contributed by atoms with Crippen molar-refractivity contribution in [2.75, 3.05) is 7.11 Å². The summed E-state index contributed by atoms with van der Waals surface area (Å²) in [6.07, 6.45) is 0.0976. The number of rotatable bonds is 22. The standard InChI is InChI=1S/C47H65N5O8/c1-31(2)38(29-42(54)49-37(28-44(56)59-8)25-34-20-14-10-15-21-34)50-41(53)27-36(24-33-18-12-9-13-19-33)48-43(55)30-39(32(3)4)51-45(57)40(26-35-22-16-11-17-23-35)52-46(58)60-47(5,6)7/h9-23,31-32,36-40H,24-30H2,1-8H3,(H,48,55)(H,49,54)(H,50,53)(H,51,57)(H,52,58)/t36-,37-,38-,39-,40-/m1/s1. The Labute approximate surface area is 355 Å². The first-order valence-electron chi connectivity index (χ1n) is 20.8. The Morgan fingerprint density at radius 1 is 0.517 bits per heavy atom. The van der Waals surface area contributed by atoms with Crippen molar-refractivity contribution < 1.29 is 38.2 Å². The summed E-state index contributed by atoms with van der Waals surface area (Å²) in [4.78, 5) is 79.5. The summed E-state index contributed by atoms with van der Waals surface area (Å²) < 4.78 is 10.3. The van der Waals surface area contributed by atoms with Gasteiger partial charge in [-0.05, 0) is 62.1 Å². The van der Waals surface area contributed by atoms with Crippen molar-refractivity contribution in [3.63, 3.8) is 0 Å². The number of ether oxygens (including phenoxy) is 2. The van der Waals surface area contributed by atoms with E-state index in [2.05, 4.69) is 26.6 Å². The van der Waals surface area contributed by atoms with Gasteiger partial charge in [-0.25, -0.2) is 4.79 Å². The van der Waals surface area contributed by atoms with E-state index in [0.717, 1.165) is 16.7 Å². The first kappa shape index (κ1) is 48.6. The molecule has 0 saturated heterocycles. The molecule has 5 atom stereocenters. The fourth-order valence-electron chi connectivity index (χ4n) is 6.59. The van der Waals surface area contributed by atoms with E-state index in [1.54, 1.807) is 20.8 Å². The summed E-state index contributed by atoms with van der Waals surface area (Å²) in [5.41, 5.74) is 1.93. The molecule has 0 aliphatic carbocycles. The van der Waals surface area contributed by atoms with Crippen molar-refractivity contribution in [1.29, 1.82) is 0 Å². The van der Waals surface area contributed by atoms with E-state index < -0.39 is 53.8 Å². The first-order valence-corrected chi connectivity index (χ1v) is 20.8. The number of methoxy groups -OCH3 is 1. The highest BCUT2D eigenvalue weighted by Gasteiger charge is 2.30. The molecule has 5 amide bonds. The molecule has 0 heterocycles. The van der Waals surface area contributed by atoms with Gasteiger partial charge < -0.3 is 36.1 Å². The van der Waals surface area contributed by atoms with Gasteiger partial charge in [0.25, 0.3) is 0 Å². The lowest BCUT2D eigenvalue weighted by molar-refractivity contribution is -0.141. The zero-order chi connectivity index (χ0) is 44.2. The Bertz CT molecular complexity index is 1820. The van der Waals surface area contributed by atoms with Gasteiger partial charge in [0.15, 0.2) is 0 Å². The highest BCUT2D eigenvalue weighted by molar-refractivity contribution is 5.87. The van der Waals surface area contributed by atoms with Gasteiger partial charge >= 0.3 is 12.1 Å². The van der Waals surface area contributed by atoms with Crippen LogP contribution in [0.2, 0.25) is 0 Å². The van der Waals surface area contributed by atoms with Crippen LogP contribution >= 0.6 is 0 Å². The molecule has 3 aromatic rings. The minimum absolute atomic E-state index is 0.00467. The molecule has 0 saturated carbocycles. The third-order valence-electron chi connectivity index (χ3n) is 9.84. The molecular weight excluding hydrogens is 763 g/mol. The number of amides is 5. The smallest absolute Gasteiger partial charge is 0.408 e. The average molecular weight is 828 g/mol. The molecule has 0 spiro atoms. The van der Waals surface area contributed by atoms with Gasteiger partial charge in [0.05, 0.1) is 13.5 Å². The van der Waals surface area contributed by atoms with Gasteiger partial charge in [0, 0.05) is 49.9 Å². The fraction of sp³-hybridized carbons (Fsp3) is 0.489. The van der Waals surface area contributed by atoms with Crippen LogP contribution in [-0.4, -0.2) is 78.6 Å². The lowest BCUT2D eigenvalue weighted by Crippen LogP contribution is -2.53. The Morgan fingerprint density at radius 2 is 0.917 bits per heavy atom. The van der Waals surface area contributed by atoms with Crippen LogP contribution in [0.5, 0.6) is 0 Å². The van der Waals surface area contributed by atoms with E-state index in [-0.39, 0.29) is 61.7 Å². The normalized spacial score (nSPS) is 13.8. The summed E-state index contributed by atoms with van der Waals surface area (Å²) in [6.45, 7) is 12.8. The van der Waals surface area contributed by atoms with Crippen LogP contribution in [0.15, 0.2) is 91.0 Å². The molecule has 0 aliphatic rings. The van der Waals surface area contributed by atoms with E-state index in [4.69, 9.17) is 9.47 Å². The summed E-state index contributed by atoms with van der Waals surface area (Å²) >= 11 is 0. The number of hydrogen-bond donors (Lipinski definition) is 5. The van der Waals surface area contributed by atoms with Crippen LogP contribution in [0.1, 0.15) is 90.8 Å². The highest BCUT2D eigenvalue weighted by atomic mass is 16.6. The molecule has 0 aliphatic heterocycles. The Morgan fingerprint density at radius 3 is 1.33 bits per heavy atom. The van der Waals surface area contributed by atoms with Crippen LogP contribution in [-0.2, 0) is 52.7 Å². The second kappa shape index (κ2) is 24.4. The number of alkyl carbamates (subject to hydrolysis) is 1. The van der Waals surface area contributed by atoms with Crippen LogP contribution in [0.3, 0.4) is 0 Å². The zero-order valence-electron chi connectivity index (χ0n) is 36.4. The molecule has 0 aromatic heterocycles. The molecule has 326 valence electrons. The lowest BCUT2D eigenvalue weighted by atomic mass is 9.97. The molecule has 13 nitrogen and oxygen atoms in total. The molecule has 0 fully saturated rings. The third kappa shape index (κ3) is 18.9. The van der Waals surface area contributed by atoms with E-state index in [9.17, 15) is 28.8 Å². The average Bonchev–Trinajstić information content (AvgIpc) is 3.17. The zero-order valence-corrected chi connectivity index (χ0v) is 36.4. The topological polar surface area (TPSA) is 181 Å². The van der Waals surface area contributed by atoms with Gasteiger partial charge in [0.2, 0.25) is 23.6 Å². The highest BCUT2D eigenvalue weighted by Crippen LogP contribution is 2.15. The number of hydrogen-bond acceptors (Lipinski definition) is 8. The molecule has 13 heteroatoms. The SMILES string of the molecule is COC(=O)C[C@@H](Cc1ccccc1)NC(=O)C[C@@H](NC(=O)C[C@@H](Cc1ccccc1)NC(=O)C[C@@H](NC(=O)[C@@H](Cc1ccccc1)NC(=O)OC(C)(C)C)C(C)C)C(C)C. The van der Waals surface area contributed by atoms with Crippen LogP contribution < -0.4 is 26.6 Å². The number of carbonyl (C=O) groups is 6. The molecule has 0 radical (unpaired) electrons. The lowest BCUT2D eigenvalue weighted by Gasteiger charge is -2.28. The van der Waals surface area contributed by atoms with E-state index in [1.165, 1.54) is 7.11 Å². The van der Waals surface area contributed by atoms with Gasteiger partial charge in [-0.15, -0.1) is 0 Å². The molecule has 5 N–H and O–H groups in total. The van der Waals surface area contributed by atoms with Crippen molar-refractivity contribution >= 4 is 35.7 Å². The maximum Gasteiger partial charge on any atom is 0.408 e. The first-order chi connectivity index (χ1) is 28.4. The number of esters is 1. The predicted molar refractivity (Wildman–Crippen MR) is 231 cm³/mol. The Balaban J connectivity index is 1.71. The number of carbonyl (C=O) groups excluding carboxylic acids is 6. The minimum Gasteiger partial charge on any atom is -0.469 e. The second-order valence-corrected chi connectivity index (χ2v) is 17.0. The molecule has 0 unspecified atom stereocenters. The minimum atomic E-state index is -0.973. The van der Waals surface area contributed by atoms with Crippen molar-refractivity contribution in [2.24, 2.45) is 11.8 Å². The van der Waals surface area contributed by atoms with Gasteiger partial charge in [0.1, 0.15) is 11.6 Å². The molecule has 0 bridgehead atoms. The van der Waals surface area contributed by atoms with E-state index in [1.807, 2.05) is 119 Å². The van der Waals surface area contributed by atoms with Crippen LogP contribution in [0, 0.1) is 11.8 Å². The largest absolute Gasteiger partial charge is 0.469 e. The quantitative estimate of drug-likeness (QED) is 0.0813. The molecule has 60 heavy (non-hydrogen) atoms. The van der Waals surface area contributed by atoms with Gasteiger partial charge in [-0.2, -0.15) is 0 Å². The summed E-state index contributed by atoms with van der Waals surface area (Å²) in [6, 6.07) is 25.1. The monoisotopic (exact) mass is 827 g/mol.